The molecule has 0 fully saturated rings. The van der Waals surface area contributed by atoms with Crippen molar-refractivity contribution >= 4 is 17.6 Å². The van der Waals surface area contributed by atoms with Crippen molar-refractivity contribution in [2.75, 3.05) is 25.1 Å². The summed E-state index contributed by atoms with van der Waals surface area (Å²) in [5, 5.41) is 2.30. The van der Waals surface area contributed by atoms with E-state index in [4.69, 9.17) is 9.47 Å². The molecule has 1 amide bonds. The van der Waals surface area contributed by atoms with Crippen molar-refractivity contribution in [2.45, 2.75) is 33.1 Å². The van der Waals surface area contributed by atoms with Gasteiger partial charge in [0.25, 0.3) is 0 Å². The highest BCUT2D eigenvalue weighted by molar-refractivity contribution is 5.92. The third-order valence-electron chi connectivity index (χ3n) is 5.19. The Morgan fingerprint density at radius 3 is 2.29 bits per heavy atom. The van der Waals surface area contributed by atoms with E-state index in [1.54, 1.807) is 25.1 Å². The number of esters is 1. The molecule has 180 valence electrons. The molecular weight excluding hydrogens is 440 g/mol. The second-order valence-corrected chi connectivity index (χ2v) is 7.80. The SMILES string of the molecule is C=CCOCC(CC)(CC(=O)Nc1c(F)cc(C#Cc2ccccc2)cc1F)CC(=O)OCC. The van der Waals surface area contributed by atoms with Crippen LogP contribution in [-0.2, 0) is 19.1 Å². The molecule has 0 heterocycles. The number of amides is 1. The smallest absolute Gasteiger partial charge is 0.306 e. The lowest BCUT2D eigenvalue weighted by Crippen LogP contribution is -2.35. The van der Waals surface area contributed by atoms with Crippen molar-refractivity contribution in [2.24, 2.45) is 5.41 Å². The summed E-state index contributed by atoms with van der Waals surface area (Å²) in [6.45, 7) is 7.60. The van der Waals surface area contributed by atoms with Gasteiger partial charge >= 0.3 is 5.97 Å². The number of hydrogen-bond donors (Lipinski definition) is 1. The molecule has 0 saturated heterocycles. The van der Waals surface area contributed by atoms with Crippen LogP contribution in [0.25, 0.3) is 0 Å². The minimum absolute atomic E-state index is 0.0686. The normalized spacial score (nSPS) is 12.1. The second kappa shape index (κ2) is 13.3. The molecule has 2 aromatic rings. The van der Waals surface area contributed by atoms with Crippen LogP contribution in [0, 0.1) is 28.9 Å². The Labute approximate surface area is 199 Å². The van der Waals surface area contributed by atoms with Gasteiger partial charge in [-0.15, -0.1) is 6.58 Å². The van der Waals surface area contributed by atoms with Gasteiger partial charge in [0, 0.05) is 23.0 Å². The Hall–Kier alpha value is -3.50. The summed E-state index contributed by atoms with van der Waals surface area (Å²) in [6, 6.07) is 11.1. The van der Waals surface area contributed by atoms with E-state index in [0.717, 1.165) is 12.1 Å². The van der Waals surface area contributed by atoms with Crippen molar-refractivity contribution in [3.05, 3.63) is 77.9 Å². The van der Waals surface area contributed by atoms with Crippen LogP contribution < -0.4 is 5.32 Å². The zero-order valence-corrected chi connectivity index (χ0v) is 19.5. The molecule has 34 heavy (non-hydrogen) atoms. The minimum Gasteiger partial charge on any atom is -0.466 e. The van der Waals surface area contributed by atoms with Crippen molar-refractivity contribution in [1.82, 2.24) is 0 Å². The lowest BCUT2D eigenvalue weighted by Gasteiger charge is -2.31. The van der Waals surface area contributed by atoms with Gasteiger partial charge < -0.3 is 14.8 Å². The highest BCUT2D eigenvalue weighted by Crippen LogP contribution is 2.33. The summed E-state index contributed by atoms with van der Waals surface area (Å²) < 4.78 is 39.8. The summed E-state index contributed by atoms with van der Waals surface area (Å²) in [4.78, 5) is 24.9. The average Bonchev–Trinajstić information content (AvgIpc) is 2.81. The number of rotatable bonds is 11. The third kappa shape index (κ3) is 8.13. The lowest BCUT2D eigenvalue weighted by molar-refractivity contribution is -0.147. The van der Waals surface area contributed by atoms with Gasteiger partial charge in [0.2, 0.25) is 5.91 Å². The molecule has 0 radical (unpaired) electrons. The van der Waals surface area contributed by atoms with E-state index in [2.05, 4.69) is 23.7 Å². The van der Waals surface area contributed by atoms with E-state index in [1.165, 1.54) is 0 Å². The van der Waals surface area contributed by atoms with E-state index < -0.39 is 34.6 Å². The Morgan fingerprint density at radius 2 is 1.71 bits per heavy atom. The molecule has 0 saturated carbocycles. The Bertz CT molecular complexity index is 1040. The number of anilines is 1. The number of ether oxygens (including phenoxy) is 2. The molecule has 1 atom stereocenters. The molecule has 1 unspecified atom stereocenters. The molecule has 2 rings (SSSR count). The van der Waals surface area contributed by atoms with Crippen LogP contribution in [0.3, 0.4) is 0 Å². The maximum absolute atomic E-state index is 14.6. The molecule has 7 heteroatoms. The largest absolute Gasteiger partial charge is 0.466 e. The van der Waals surface area contributed by atoms with Crippen LogP contribution in [0.2, 0.25) is 0 Å². The molecule has 0 aliphatic carbocycles. The topological polar surface area (TPSA) is 64.6 Å². The summed E-state index contributed by atoms with van der Waals surface area (Å²) in [5.74, 6) is 2.54. The molecule has 1 N–H and O–H groups in total. The molecule has 0 aliphatic rings. The van der Waals surface area contributed by atoms with Gasteiger partial charge in [-0.25, -0.2) is 8.78 Å². The van der Waals surface area contributed by atoms with Gasteiger partial charge in [-0.3, -0.25) is 9.59 Å². The van der Waals surface area contributed by atoms with Gasteiger partial charge in [-0.1, -0.05) is 43.0 Å². The molecule has 0 aromatic heterocycles. The minimum atomic E-state index is -0.943. The van der Waals surface area contributed by atoms with E-state index in [-0.39, 0.29) is 38.2 Å². The van der Waals surface area contributed by atoms with Crippen molar-refractivity contribution < 1.29 is 27.8 Å². The molecule has 5 nitrogen and oxygen atoms in total. The van der Waals surface area contributed by atoms with Crippen LogP contribution in [0.5, 0.6) is 0 Å². The zero-order valence-electron chi connectivity index (χ0n) is 19.5. The Balaban J connectivity index is 2.18. The van der Waals surface area contributed by atoms with Crippen LogP contribution in [0.15, 0.2) is 55.1 Å². The number of halogens is 2. The first kappa shape index (κ1) is 26.7. The highest BCUT2D eigenvalue weighted by atomic mass is 19.1. The standard InChI is InChI=1S/C27H29F2NO4/c1-4-14-33-19-27(5-2,18-25(32)34-6-3)17-24(31)30-26-22(28)15-21(16-23(26)29)13-12-20-10-8-7-9-11-20/h4,7-11,15-16H,1,5-6,14,17-19H2,2-3H3,(H,30,31). The molecule has 2 aromatic carbocycles. The first-order valence-electron chi connectivity index (χ1n) is 11.0. The number of nitrogens with one attached hydrogen (secondary N) is 1. The summed E-state index contributed by atoms with van der Waals surface area (Å²) in [7, 11) is 0. The number of carbonyl (C=O) groups excluding carboxylic acids is 2. The molecule has 0 bridgehead atoms. The van der Waals surface area contributed by atoms with Gasteiger partial charge in [-0.05, 0) is 37.6 Å². The monoisotopic (exact) mass is 469 g/mol. The van der Waals surface area contributed by atoms with Crippen LogP contribution in [0.1, 0.15) is 44.2 Å². The first-order valence-corrected chi connectivity index (χ1v) is 11.0. The average molecular weight is 470 g/mol. The van der Waals surface area contributed by atoms with Gasteiger partial charge in [0.1, 0.15) is 5.69 Å². The first-order chi connectivity index (χ1) is 16.3. The zero-order chi connectivity index (χ0) is 25.0. The van der Waals surface area contributed by atoms with Gasteiger partial charge in [0.15, 0.2) is 11.6 Å². The fourth-order valence-electron chi connectivity index (χ4n) is 3.35. The predicted octanol–water partition coefficient (Wildman–Crippen LogP) is 5.25. The predicted molar refractivity (Wildman–Crippen MR) is 127 cm³/mol. The summed E-state index contributed by atoms with van der Waals surface area (Å²) >= 11 is 0. The van der Waals surface area contributed by atoms with E-state index in [0.29, 0.717) is 12.0 Å². The van der Waals surface area contributed by atoms with Crippen molar-refractivity contribution in [3.8, 4) is 11.8 Å². The second-order valence-electron chi connectivity index (χ2n) is 7.80. The van der Waals surface area contributed by atoms with Crippen molar-refractivity contribution in [3.63, 3.8) is 0 Å². The molecule has 0 spiro atoms. The van der Waals surface area contributed by atoms with Crippen molar-refractivity contribution in [1.29, 1.82) is 0 Å². The van der Waals surface area contributed by atoms with Gasteiger partial charge in [0.05, 0.1) is 26.2 Å². The molecule has 0 aliphatic heterocycles. The van der Waals surface area contributed by atoms with Crippen LogP contribution in [0.4, 0.5) is 14.5 Å². The third-order valence-corrected chi connectivity index (χ3v) is 5.19. The molecular formula is C27H29F2NO4. The Kier molecular flexibility index (Phi) is 10.4. The Morgan fingerprint density at radius 1 is 1.06 bits per heavy atom. The summed E-state index contributed by atoms with van der Waals surface area (Å²) in [6.07, 6.45) is 1.71. The number of carbonyl (C=O) groups is 2. The maximum atomic E-state index is 14.6. The van der Waals surface area contributed by atoms with E-state index in [1.807, 2.05) is 25.1 Å². The highest BCUT2D eigenvalue weighted by Gasteiger charge is 2.35. The summed E-state index contributed by atoms with van der Waals surface area (Å²) in [5.41, 5.74) is -0.617. The van der Waals surface area contributed by atoms with E-state index in [9.17, 15) is 18.4 Å². The van der Waals surface area contributed by atoms with Crippen LogP contribution in [-0.4, -0.2) is 31.7 Å². The van der Waals surface area contributed by atoms with Gasteiger partial charge in [-0.2, -0.15) is 0 Å². The number of hydrogen-bond acceptors (Lipinski definition) is 4. The fraction of sp³-hybridized carbons (Fsp3) is 0.333. The van der Waals surface area contributed by atoms with Crippen LogP contribution >= 0.6 is 0 Å². The fourth-order valence-corrected chi connectivity index (χ4v) is 3.35. The lowest BCUT2D eigenvalue weighted by atomic mass is 9.79. The van der Waals surface area contributed by atoms with E-state index >= 15 is 0 Å². The quantitative estimate of drug-likeness (QED) is 0.211. The maximum Gasteiger partial charge on any atom is 0.306 e. The number of benzene rings is 2.